The van der Waals surface area contributed by atoms with Gasteiger partial charge >= 0.3 is 5.97 Å². The van der Waals surface area contributed by atoms with Gasteiger partial charge in [0.05, 0.1) is 20.8 Å². The van der Waals surface area contributed by atoms with Crippen molar-refractivity contribution in [1.29, 1.82) is 0 Å². The molecule has 2 aromatic carbocycles. The Balaban J connectivity index is 1.77. The van der Waals surface area contributed by atoms with E-state index in [4.69, 9.17) is 19.2 Å². The third-order valence-corrected chi connectivity index (χ3v) is 6.76. The summed E-state index contributed by atoms with van der Waals surface area (Å²) in [6.07, 6.45) is 0.989. The number of nitrogens with zero attached hydrogens (tertiary/aromatic N) is 1. The molecule has 0 saturated carbocycles. The third-order valence-electron chi connectivity index (χ3n) is 6.76. The van der Waals surface area contributed by atoms with Gasteiger partial charge in [0.1, 0.15) is 17.4 Å². The molecule has 6 nitrogen and oxygen atoms in total. The molecule has 35 heavy (non-hydrogen) atoms. The van der Waals surface area contributed by atoms with Gasteiger partial charge in [-0.15, -0.1) is 0 Å². The van der Waals surface area contributed by atoms with Crippen molar-refractivity contribution in [3.63, 3.8) is 0 Å². The quantitative estimate of drug-likeness (QED) is 0.496. The largest absolute Gasteiger partial charge is 0.497 e. The summed E-state index contributed by atoms with van der Waals surface area (Å²) < 4.78 is 16.6. The molecule has 0 N–H and O–H groups in total. The Morgan fingerprint density at radius 3 is 2.40 bits per heavy atom. The number of benzene rings is 2. The first-order chi connectivity index (χ1) is 16.8. The van der Waals surface area contributed by atoms with Crippen LogP contribution < -0.4 is 9.47 Å². The number of Topliss-reactive ketones (excluding diaryl/α,β-unsaturated/α-hetero) is 1. The summed E-state index contributed by atoms with van der Waals surface area (Å²) >= 11 is 0. The molecule has 1 aliphatic carbocycles. The summed E-state index contributed by atoms with van der Waals surface area (Å²) in [5.41, 5.74) is 3.90. The molecule has 3 unspecified atom stereocenters. The molecule has 2 aliphatic rings. The lowest BCUT2D eigenvalue weighted by molar-refractivity contribution is -0.147. The number of para-hydroxylation sites is 1. The van der Waals surface area contributed by atoms with E-state index >= 15 is 0 Å². The SMILES string of the molecule is COc1ccc(C2CC(=O)C3=C(C2)N=C(C)C(C(=O)OCC(C)C)C3c2ccccc2OC)cc1. The lowest BCUT2D eigenvalue weighted by atomic mass is 9.69. The Morgan fingerprint density at radius 1 is 1.03 bits per heavy atom. The molecule has 4 rings (SSSR count). The molecule has 0 radical (unpaired) electrons. The number of esters is 1. The van der Waals surface area contributed by atoms with Gasteiger partial charge in [0.25, 0.3) is 0 Å². The van der Waals surface area contributed by atoms with E-state index in [1.807, 2.05) is 69.3 Å². The fourth-order valence-electron chi connectivity index (χ4n) is 5.07. The Bertz CT molecular complexity index is 1160. The number of rotatable bonds is 7. The van der Waals surface area contributed by atoms with Crippen molar-refractivity contribution in [2.45, 2.75) is 45.4 Å². The van der Waals surface area contributed by atoms with Gasteiger partial charge < -0.3 is 14.2 Å². The van der Waals surface area contributed by atoms with Crippen molar-refractivity contribution in [2.75, 3.05) is 20.8 Å². The molecular weight excluding hydrogens is 442 g/mol. The summed E-state index contributed by atoms with van der Waals surface area (Å²) in [6, 6.07) is 15.4. The molecular formula is C29H33NO5. The number of carbonyl (C=O) groups is 2. The van der Waals surface area contributed by atoms with Crippen molar-refractivity contribution >= 4 is 17.5 Å². The lowest BCUT2D eigenvalue weighted by Crippen LogP contribution is -2.38. The van der Waals surface area contributed by atoms with Gasteiger partial charge in [-0.2, -0.15) is 0 Å². The van der Waals surface area contributed by atoms with E-state index in [9.17, 15) is 9.59 Å². The molecule has 0 fully saturated rings. The van der Waals surface area contributed by atoms with Gasteiger partial charge in [-0.05, 0) is 48.9 Å². The Hall–Kier alpha value is -3.41. The summed E-state index contributed by atoms with van der Waals surface area (Å²) in [5, 5.41) is 0. The van der Waals surface area contributed by atoms with E-state index in [-0.39, 0.29) is 23.6 Å². The fraction of sp³-hybridized carbons (Fsp3) is 0.414. The molecule has 0 aromatic heterocycles. The van der Waals surface area contributed by atoms with Gasteiger partial charge in [0.2, 0.25) is 0 Å². The van der Waals surface area contributed by atoms with E-state index in [0.29, 0.717) is 36.5 Å². The molecule has 0 bridgehead atoms. The average Bonchev–Trinajstić information content (AvgIpc) is 2.86. The molecule has 2 aromatic rings. The van der Waals surface area contributed by atoms with Crippen molar-refractivity contribution in [3.8, 4) is 11.5 Å². The highest BCUT2D eigenvalue weighted by molar-refractivity contribution is 6.09. The zero-order chi connectivity index (χ0) is 25.1. The summed E-state index contributed by atoms with van der Waals surface area (Å²) in [4.78, 5) is 31.9. The van der Waals surface area contributed by atoms with E-state index < -0.39 is 11.8 Å². The zero-order valence-corrected chi connectivity index (χ0v) is 21.0. The van der Waals surface area contributed by atoms with Crippen LogP contribution in [0.3, 0.4) is 0 Å². The minimum absolute atomic E-state index is 0.0147. The zero-order valence-electron chi connectivity index (χ0n) is 21.0. The maximum Gasteiger partial charge on any atom is 0.315 e. The summed E-state index contributed by atoms with van der Waals surface area (Å²) in [5.74, 6) is 0.140. The van der Waals surface area contributed by atoms with Crippen molar-refractivity contribution in [1.82, 2.24) is 0 Å². The van der Waals surface area contributed by atoms with E-state index in [1.165, 1.54) is 0 Å². The average molecular weight is 476 g/mol. The van der Waals surface area contributed by atoms with E-state index in [2.05, 4.69) is 0 Å². The van der Waals surface area contributed by atoms with Crippen LogP contribution in [-0.2, 0) is 14.3 Å². The smallest absolute Gasteiger partial charge is 0.315 e. The highest BCUT2D eigenvalue weighted by Gasteiger charge is 2.45. The first-order valence-electron chi connectivity index (χ1n) is 12.1. The number of hydrogen-bond donors (Lipinski definition) is 0. The number of allylic oxidation sites excluding steroid dienone is 2. The topological polar surface area (TPSA) is 74.2 Å². The van der Waals surface area contributed by atoms with Crippen LogP contribution in [0.4, 0.5) is 0 Å². The third kappa shape index (κ3) is 5.02. The van der Waals surface area contributed by atoms with E-state index in [0.717, 1.165) is 22.6 Å². The first-order valence-corrected chi connectivity index (χ1v) is 12.1. The Morgan fingerprint density at radius 2 is 1.74 bits per heavy atom. The second kappa shape index (κ2) is 10.5. The van der Waals surface area contributed by atoms with Crippen LogP contribution in [-0.4, -0.2) is 38.3 Å². The molecule has 0 spiro atoms. The minimum atomic E-state index is -0.676. The standard InChI is InChI=1S/C29H33NO5/c1-17(2)16-35-29(32)26-18(3)30-23-14-20(19-10-12-21(33-4)13-11-19)15-24(31)28(23)27(26)22-8-6-7-9-25(22)34-5/h6-13,17,20,26-27H,14-16H2,1-5H3. The normalized spacial score (nSPS) is 21.9. The predicted molar refractivity (Wildman–Crippen MR) is 135 cm³/mol. The summed E-state index contributed by atoms with van der Waals surface area (Å²) in [7, 11) is 3.24. The van der Waals surface area contributed by atoms with Crippen LogP contribution in [0.15, 0.2) is 64.8 Å². The number of aliphatic imine (C=N–C) groups is 1. The fourth-order valence-corrected chi connectivity index (χ4v) is 5.07. The maximum atomic E-state index is 13.7. The number of hydrogen-bond acceptors (Lipinski definition) is 6. The van der Waals surface area contributed by atoms with Gasteiger partial charge in [-0.1, -0.05) is 44.2 Å². The molecule has 0 amide bonds. The Kier molecular flexibility index (Phi) is 7.39. The van der Waals surface area contributed by atoms with Crippen LogP contribution in [0.25, 0.3) is 0 Å². The van der Waals surface area contributed by atoms with Crippen LogP contribution in [0.5, 0.6) is 11.5 Å². The van der Waals surface area contributed by atoms with Crippen LogP contribution in [0.2, 0.25) is 0 Å². The van der Waals surface area contributed by atoms with Crippen molar-refractivity contribution in [3.05, 3.63) is 70.9 Å². The summed E-state index contributed by atoms with van der Waals surface area (Å²) in [6.45, 7) is 6.17. The number of ketones is 1. The van der Waals surface area contributed by atoms with Gasteiger partial charge in [0.15, 0.2) is 5.78 Å². The molecule has 1 aliphatic heterocycles. The Labute approximate surface area is 207 Å². The molecule has 0 saturated heterocycles. The van der Waals surface area contributed by atoms with Gasteiger partial charge in [0, 0.05) is 34.9 Å². The second-order valence-corrected chi connectivity index (χ2v) is 9.64. The van der Waals surface area contributed by atoms with Crippen LogP contribution in [0, 0.1) is 11.8 Å². The number of ether oxygens (including phenoxy) is 3. The van der Waals surface area contributed by atoms with Crippen LogP contribution in [0.1, 0.15) is 56.6 Å². The monoisotopic (exact) mass is 475 g/mol. The molecule has 1 heterocycles. The van der Waals surface area contributed by atoms with Crippen molar-refractivity contribution in [2.24, 2.45) is 16.8 Å². The highest BCUT2D eigenvalue weighted by Crippen LogP contribution is 2.48. The van der Waals surface area contributed by atoms with E-state index in [1.54, 1.807) is 14.2 Å². The second-order valence-electron chi connectivity index (χ2n) is 9.64. The van der Waals surface area contributed by atoms with Crippen LogP contribution >= 0.6 is 0 Å². The predicted octanol–water partition coefficient (Wildman–Crippen LogP) is 5.48. The van der Waals surface area contributed by atoms with Gasteiger partial charge in [-0.25, -0.2) is 0 Å². The minimum Gasteiger partial charge on any atom is -0.497 e. The number of methoxy groups -OCH3 is 2. The van der Waals surface area contributed by atoms with Crippen molar-refractivity contribution < 1.29 is 23.8 Å². The van der Waals surface area contributed by atoms with Gasteiger partial charge in [-0.3, -0.25) is 14.6 Å². The lowest BCUT2D eigenvalue weighted by Gasteiger charge is -2.37. The highest BCUT2D eigenvalue weighted by atomic mass is 16.5. The number of carbonyl (C=O) groups excluding carboxylic acids is 2. The molecule has 6 heteroatoms. The maximum absolute atomic E-state index is 13.7. The molecule has 3 atom stereocenters. The first kappa shape index (κ1) is 24.7. The molecule has 184 valence electrons.